The van der Waals surface area contributed by atoms with Gasteiger partial charge in [-0.3, -0.25) is 19.3 Å². The largest absolute Gasteiger partial charge is 0.465 e. The third-order valence-electron chi connectivity index (χ3n) is 4.89. The molecule has 0 bridgehead atoms. The average molecular weight is 403 g/mol. The van der Waals surface area contributed by atoms with Gasteiger partial charge in [0, 0.05) is 6.54 Å². The Hall–Kier alpha value is -4.00. The molecule has 0 fully saturated rings. The number of rotatable bonds is 5. The van der Waals surface area contributed by atoms with Gasteiger partial charge in [-0.05, 0) is 35.0 Å². The van der Waals surface area contributed by atoms with E-state index >= 15 is 0 Å². The molecule has 150 valence electrons. The summed E-state index contributed by atoms with van der Waals surface area (Å²) in [5, 5.41) is 1.58. The highest BCUT2D eigenvalue weighted by Gasteiger charge is 2.35. The summed E-state index contributed by atoms with van der Waals surface area (Å²) in [6.07, 6.45) is -0.209. The molecule has 7 heteroatoms. The van der Waals surface area contributed by atoms with E-state index in [-0.39, 0.29) is 24.3 Å². The van der Waals surface area contributed by atoms with Gasteiger partial charge >= 0.3 is 11.9 Å². The molecule has 3 aromatic rings. The maximum absolute atomic E-state index is 12.4. The van der Waals surface area contributed by atoms with Gasteiger partial charge in [0.25, 0.3) is 11.8 Å². The molecule has 0 saturated heterocycles. The second-order valence-corrected chi connectivity index (χ2v) is 6.72. The van der Waals surface area contributed by atoms with E-state index in [2.05, 4.69) is 0 Å². The lowest BCUT2D eigenvalue weighted by atomic mass is 10.1. The second kappa shape index (κ2) is 7.79. The number of hydrogen-bond acceptors (Lipinski definition) is 6. The second-order valence-electron chi connectivity index (χ2n) is 6.72. The molecule has 0 saturated carbocycles. The third-order valence-corrected chi connectivity index (χ3v) is 4.89. The van der Waals surface area contributed by atoms with Crippen molar-refractivity contribution in [3.63, 3.8) is 0 Å². The van der Waals surface area contributed by atoms with Crippen LogP contribution in [0.2, 0.25) is 0 Å². The van der Waals surface area contributed by atoms with Gasteiger partial charge < -0.3 is 9.47 Å². The minimum Gasteiger partial charge on any atom is -0.465 e. The fourth-order valence-corrected chi connectivity index (χ4v) is 3.39. The van der Waals surface area contributed by atoms with Crippen molar-refractivity contribution in [3.05, 3.63) is 77.4 Å². The topological polar surface area (TPSA) is 90.0 Å². The monoisotopic (exact) mass is 403 g/mol. The van der Waals surface area contributed by atoms with E-state index in [0.717, 1.165) is 15.7 Å². The summed E-state index contributed by atoms with van der Waals surface area (Å²) in [5.41, 5.74) is 0.752. The first kappa shape index (κ1) is 19.3. The summed E-state index contributed by atoms with van der Waals surface area (Å²) in [7, 11) is 1.24. The molecule has 1 aliphatic rings. The highest BCUT2D eigenvalue weighted by molar-refractivity contribution is 6.21. The Morgan fingerprint density at radius 1 is 0.867 bits per heavy atom. The van der Waals surface area contributed by atoms with Crippen LogP contribution in [-0.4, -0.2) is 42.3 Å². The van der Waals surface area contributed by atoms with Crippen LogP contribution in [0.5, 0.6) is 5.75 Å². The predicted octanol–water partition coefficient (Wildman–Crippen LogP) is 3.22. The Morgan fingerprint density at radius 3 is 2.03 bits per heavy atom. The fraction of sp³-hybridized carbons (Fsp3) is 0.130. The van der Waals surface area contributed by atoms with E-state index in [1.807, 2.05) is 24.3 Å². The molecule has 1 aliphatic heterocycles. The van der Waals surface area contributed by atoms with Crippen molar-refractivity contribution >= 4 is 34.5 Å². The number of benzene rings is 3. The molecule has 0 spiro atoms. The molecule has 0 radical (unpaired) electrons. The van der Waals surface area contributed by atoms with Gasteiger partial charge in [0.05, 0.1) is 24.7 Å². The summed E-state index contributed by atoms with van der Waals surface area (Å²) in [4.78, 5) is 50.4. The van der Waals surface area contributed by atoms with Crippen LogP contribution in [0, 0.1) is 0 Å². The molecule has 4 rings (SSSR count). The first-order valence-electron chi connectivity index (χ1n) is 9.26. The predicted molar refractivity (Wildman–Crippen MR) is 107 cm³/mol. The van der Waals surface area contributed by atoms with Gasteiger partial charge in [-0.2, -0.15) is 0 Å². The Kier molecular flexibility index (Phi) is 5.02. The Labute approximate surface area is 171 Å². The maximum atomic E-state index is 12.4. The minimum atomic E-state index is -0.674. The Balaban J connectivity index is 1.51. The zero-order valence-corrected chi connectivity index (χ0v) is 16.1. The number of amides is 2. The van der Waals surface area contributed by atoms with E-state index in [1.165, 1.54) is 7.11 Å². The van der Waals surface area contributed by atoms with Crippen LogP contribution >= 0.6 is 0 Å². The Morgan fingerprint density at radius 2 is 1.43 bits per heavy atom. The van der Waals surface area contributed by atoms with Crippen molar-refractivity contribution < 1.29 is 28.7 Å². The van der Waals surface area contributed by atoms with Crippen molar-refractivity contribution in [1.29, 1.82) is 0 Å². The molecule has 2 amide bonds. The highest BCUT2D eigenvalue weighted by atomic mass is 16.5. The number of fused-ring (bicyclic) bond motifs is 2. The number of carbonyl (C=O) groups excluding carboxylic acids is 4. The number of methoxy groups -OCH3 is 1. The van der Waals surface area contributed by atoms with Gasteiger partial charge in [-0.15, -0.1) is 0 Å². The van der Waals surface area contributed by atoms with Gasteiger partial charge in [0.1, 0.15) is 11.3 Å². The minimum absolute atomic E-state index is 0.0629. The van der Waals surface area contributed by atoms with Crippen LogP contribution < -0.4 is 4.74 Å². The molecular weight excluding hydrogens is 386 g/mol. The number of carbonyl (C=O) groups is 4. The number of imide groups is 1. The third kappa shape index (κ3) is 3.41. The van der Waals surface area contributed by atoms with Crippen LogP contribution in [-0.2, 0) is 9.53 Å². The quantitative estimate of drug-likeness (QED) is 0.369. The highest BCUT2D eigenvalue weighted by Crippen LogP contribution is 2.28. The van der Waals surface area contributed by atoms with E-state index < -0.39 is 23.8 Å². The summed E-state index contributed by atoms with van der Waals surface area (Å²) in [6, 6.07) is 17.0. The normalized spacial score (nSPS) is 12.8. The molecule has 0 atom stereocenters. The molecule has 0 aliphatic carbocycles. The molecule has 30 heavy (non-hydrogen) atoms. The molecule has 1 heterocycles. The molecule has 0 unspecified atom stereocenters. The summed E-state index contributed by atoms with van der Waals surface area (Å²) in [6.45, 7) is -0.119. The van der Waals surface area contributed by atoms with Crippen LogP contribution in [0.1, 0.15) is 37.5 Å². The summed E-state index contributed by atoms with van der Waals surface area (Å²) >= 11 is 0. The zero-order valence-electron chi connectivity index (χ0n) is 16.1. The molecule has 3 aromatic carbocycles. The van der Waals surface area contributed by atoms with Gasteiger partial charge in [0.2, 0.25) is 0 Å². The van der Waals surface area contributed by atoms with Crippen molar-refractivity contribution in [2.24, 2.45) is 0 Å². The van der Waals surface area contributed by atoms with E-state index in [1.54, 1.807) is 36.4 Å². The average Bonchev–Trinajstić information content (AvgIpc) is 3.01. The van der Waals surface area contributed by atoms with E-state index in [9.17, 15) is 19.2 Å². The zero-order chi connectivity index (χ0) is 21.3. The standard InChI is InChI=1S/C23H17NO6/c1-29-23(28)18-12-14-6-2-3-7-15(14)13-19(18)30-20(25)10-11-24-21(26)16-8-4-5-9-17(16)22(24)27/h2-9,12-13H,10-11H2,1H3. The van der Waals surface area contributed by atoms with Crippen molar-refractivity contribution in [2.45, 2.75) is 6.42 Å². The number of ether oxygens (including phenoxy) is 2. The van der Waals surface area contributed by atoms with Crippen LogP contribution in [0.3, 0.4) is 0 Å². The van der Waals surface area contributed by atoms with Gasteiger partial charge in [-0.1, -0.05) is 36.4 Å². The molecule has 0 aromatic heterocycles. The van der Waals surface area contributed by atoms with Crippen LogP contribution in [0.25, 0.3) is 10.8 Å². The number of hydrogen-bond donors (Lipinski definition) is 0. The SMILES string of the molecule is COC(=O)c1cc2ccccc2cc1OC(=O)CCN1C(=O)c2ccccc2C1=O. The van der Waals surface area contributed by atoms with Gasteiger partial charge in [-0.25, -0.2) is 4.79 Å². The van der Waals surface area contributed by atoms with Crippen molar-refractivity contribution in [3.8, 4) is 5.75 Å². The van der Waals surface area contributed by atoms with E-state index in [4.69, 9.17) is 9.47 Å². The first-order chi connectivity index (χ1) is 14.5. The lowest BCUT2D eigenvalue weighted by Crippen LogP contribution is -2.32. The first-order valence-corrected chi connectivity index (χ1v) is 9.26. The fourth-order valence-electron chi connectivity index (χ4n) is 3.39. The molecule has 0 N–H and O–H groups in total. The number of nitrogens with zero attached hydrogens (tertiary/aromatic N) is 1. The lowest BCUT2D eigenvalue weighted by molar-refractivity contribution is -0.134. The smallest absolute Gasteiger partial charge is 0.341 e. The lowest BCUT2D eigenvalue weighted by Gasteiger charge is -2.14. The van der Waals surface area contributed by atoms with Crippen molar-refractivity contribution in [1.82, 2.24) is 4.90 Å². The number of esters is 2. The van der Waals surface area contributed by atoms with E-state index in [0.29, 0.717) is 11.1 Å². The van der Waals surface area contributed by atoms with Crippen LogP contribution in [0.4, 0.5) is 0 Å². The summed E-state index contributed by atoms with van der Waals surface area (Å²) in [5.74, 6) is -2.13. The van der Waals surface area contributed by atoms with Crippen molar-refractivity contribution in [2.75, 3.05) is 13.7 Å². The molecule has 7 nitrogen and oxygen atoms in total. The summed E-state index contributed by atoms with van der Waals surface area (Å²) < 4.78 is 10.2. The van der Waals surface area contributed by atoms with Gasteiger partial charge in [0.15, 0.2) is 0 Å². The maximum Gasteiger partial charge on any atom is 0.341 e. The molecular formula is C23H17NO6. The van der Waals surface area contributed by atoms with Crippen LogP contribution in [0.15, 0.2) is 60.7 Å². The Bertz CT molecular complexity index is 1160.